The van der Waals surface area contributed by atoms with E-state index in [1.807, 2.05) is 6.92 Å². The van der Waals surface area contributed by atoms with E-state index in [4.69, 9.17) is 4.74 Å². The van der Waals surface area contributed by atoms with Gasteiger partial charge < -0.3 is 20.7 Å². The Morgan fingerprint density at radius 2 is 2.14 bits per heavy atom. The molecule has 0 aromatic heterocycles. The van der Waals surface area contributed by atoms with E-state index >= 15 is 0 Å². The number of nitrogens with zero attached hydrogens (tertiary/aromatic N) is 1. The van der Waals surface area contributed by atoms with Gasteiger partial charge in [0.15, 0.2) is 15.8 Å². The van der Waals surface area contributed by atoms with E-state index in [0.717, 1.165) is 0 Å². The Kier molecular flexibility index (Phi) is 10.6. The maximum Gasteiger partial charge on any atom is 0.222 e. The number of guanidine groups is 1. The van der Waals surface area contributed by atoms with Gasteiger partial charge in [-0.2, -0.15) is 0 Å². The molecule has 1 saturated heterocycles. The van der Waals surface area contributed by atoms with Crippen LogP contribution in [0.2, 0.25) is 0 Å². The highest BCUT2D eigenvalue weighted by Crippen LogP contribution is 2.13. The first kappa shape index (κ1) is 25.4. The Bertz CT molecular complexity index is 807. The van der Waals surface area contributed by atoms with Gasteiger partial charge in [-0.15, -0.1) is 24.0 Å². The number of rotatable bonds is 8. The van der Waals surface area contributed by atoms with Crippen molar-refractivity contribution in [3.63, 3.8) is 0 Å². The Morgan fingerprint density at radius 1 is 1.38 bits per heavy atom. The molecule has 1 aliphatic rings. The summed E-state index contributed by atoms with van der Waals surface area (Å²) in [6.45, 7) is 2.63. The second-order valence-electron chi connectivity index (χ2n) is 6.68. The molecular weight excluding hydrogens is 514 g/mol. The Balaban J connectivity index is 0.00000420. The number of halogens is 2. The summed E-state index contributed by atoms with van der Waals surface area (Å²) in [6, 6.07) is 5.63. The quantitative estimate of drug-likeness (QED) is 0.258. The van der Waals surface area contributed by atoms with Crippen LogP contribution in [0.5, 0.6) is 5.75 Å². The van der Waals surface area contributed by atoms with Gasteiger partial charge in [0, 0.05) is 32.1 Å². The largest absolute Gasteiger partial charge is 0.489 e. The molecule has 1 aromatic carbocycles. The van der Waals surface area contributed by atoms with E-state index in [1.54, 1.807) is 19.2 Å². The molecule has 1 amide bonds. The lowest BCUT2D eigenvalue weighted by Crippen LogP contribution is -2.43. The summed E-state index contributed by atoms with van der Waals surface area (Å²) in [5.74, 6) is 0.534. The lowest BCUT2D eigenvalue weighted by molar-refractivity contribution is -0.121. The van der Waals surface area contributed by atoms with Crippen molar-refractivity contribution in [3.8, 4) is 5.75 Å². The highest BCUT2D eigenvalue weighted by Gasteiger charge is 2.28. The number of ether oxygens (including phenoxy) is 1. The minimum absolute atomic E-state index is 0. The molecule has 8 nitrogen and oxygen atoms in total. The van der Waals surface area contributed by atoms with E-state index < -0.39 is 9.84 Å². The molecule has 3 N–H and O–H groups in total. The van der Waals surface area contributed by atoms with Crippen LogP contribution in [-0.4, -0.2) is 64.1 Å². The van der Waals surface area contributed by atoms with Gasteiger partial charge in [0.2, 0.25) is 5.91 Å². The molecule has 11 heteroatoms. The average molecular weight is 542 g/mol. The zero-order valence-electron chi connectivity index (χ0n) is 16.5. The molecular formula is C18H28FIN4O4S. The third kappa shape index (κ3) is 9.61. The van der Waals surface area contributed by atoms with E-state index in [1.165, 1.54) is 12.1 Å². The highest BCUT2D eigenvalue weighted by molar-refractivity contribution is 14.0. The molecule has 164 valence electrons. The fourth-order valence-electron chi connectivity index (χ4n) is 2.78. The van der Waals surface area contributed by atoms with Crippen molar-refractivity contribution >= 4 is 45.7 Å². The fraction of sp³-hybridized carbons (Fsp3) is 0.556. The number of aliphatic imine (C=N–C) groups is 1. The van der Waals surface area contributed by atoms with Gasteiger partial charge >= 0.3 is 0 Å². The summed E-state index contributed by atoms with van der Waals surface area (Å²) in [5.41, 5.74) is 0. The fourth-order valence-corrected chi connectivity index (χ4v) is 4.45. The maximum atomic E-state index is 13.2. The van der Waals surface area contributed by atoms with Gasteiger partial charge in [-0.1, -0.05) is 6.07 Å². The van der Waals surface area contributed by atoms with Crippen molar-refractivity contribution in [1.82, 2.24) is 16.0 Å². The van der Waals surface area contributed by atoms with Gasteiger partial charge in [0.1, 0.15) is 17.7 Å². The van der Waals surface area contributed by atoms with Crippen LogP contribution < -0.4 is 20.7 Å². The standard InChI is InChI=1S/C18H27FN4O4S.HI/c1-13(27-16-5-3-4-14(19)10-16)11-22-18(20-2)21-8-6-17(24)23-15-7-9-28(25,26)12-15;/h3-5,10,13,15H,6-9,11-12H2,1-2H3,(H,23,24)(H2,20,21,22);1H. The molecule has 0 saturated carbocycles. The summed E-state index contributed by atoms with van der Waals surface area (Å²) >= 11 is 0. The number of nitrogens with one attached hydrogen (secondary N) is 3. The third-order valence-corrected chi connectivity index (χ3v) is 5.92. The van der Waals surface area contributed by atoms with Gasteiger partial charge in [0.05, 0.1) is 18.1 Å². The van der Waals surface area contributed by atoms with E-state index in [9.17, 15) is 17.6 Å². The van der Waals surface area contributed by atoms with Crippen molar-refractivity contribution in [2.45, 2.75) is 31.9 Å². The normalized spacial score (nSPS) is 19.0. The summed E-state index contributed by atoms with van der Waals surface area (Å²) in [7, 11) is -1.40. The van der Waals surface area contributed by atoms with Crippen LogP contribution in [0.15, 0.2) is 29.3 Å². The predicted molar refractivity (Wildman–Crippen MR) is 121 cm³/mol. The number of amides is 1. The molecule has 1 aromatic rings. The molecule has 1 fully saturated rings. The van der Waals surface area contributed by atoms with Crippen LogP contribution >= 0.6 is 24.0 Å². The number of benzene rings is 1. The molecule has 0 spiro atoms. The lowest BCUT2D eigenvalue weighted by atomic mass is 10.2. The van der Waals surface area contributed by atoms with Crippen LogP contribution in [-0.2, 0) is 14.6 Å². The number of carbonyl (C=O) groups is 1. The first-order chi connectivity index (χ1) is 13.3. The summed E-state index contributed by atoms with van der Waals surface area (Å²) < 4.78 is 41.6. The Labute approximate surface area is 188 Å². The molecule has 2 rings (SSSR count). The Hall–Kier alpha value is -1.63. The molecule has 1 heterocycles. The zero-order chi connectivity index (χ0) is 20.6. The molecule has 2 atom stereocenters. The topological polar surface area (TPSA) is 109 Å². The van der Waals surface area contributed by atoms with Gasteiger partial charge in [-0.05, 0) is 25.5 Å². The SMILES string of the molecule is CN=C(NCCC(=O)NC1CCS(=O)(=O)C1)NCC(C)Oc1cccc(F)c1.I. The summed E-state index contributed by atoms with van der Waals surface area (Å²) in [5, 5.41) is 8.82. The molecule has 0 aliphatic carbocycles. The number of sulfone groups is 1. The van der Waals surface area contributed by atoms with Crippen molar-refractivity contribution < 1.29 is 22.3 Å². The highest BCUT2D eigenvalue weighted by atomic mass is 127. The second-order valence-corrected chi connectivity index (χ2v) is 8.91. The van der Waals surface area contributed by atoms with Gasteiger partial charge in [-0.3, -0.25) is 9.79 Å². The predicted octanol–water partition coefficient (Wildman–Crippen LogP) is 1.07. The van der Waals surface area contributed by atoms with Crippen molar-refractivity contribution in [3.05, 3.63) is 30.1 Å². The number of hydrogen-bond acceptors (Lipinski definition) is 5. The Morgan fingerprint density at radius 3 is 2.76 bits per heavy atom. The smallest absolute Gasteiger partial charge is 0.222 e. The van der Waals surface area contributed by atoms with Crippen LogP contribution in [0.4, 0.5) is 4.39 Å². The summed E-state index contributed by atoms with van der Waals surface area (Å²) in [6.07, 6.45) is 0.438. The molecule has 0 bridgehead atoms. The minimum atomic E-state index is -3.01. The van der Waals surface area contributed by atoms with E-state index in [-0.39, 0.29) is 65.8 Å². The molecule has 2 unspecified atom stereocenters. The molecule has 1 aliphatic heterocycles. The van der Waals surface area contributed by atoms with Crippen LogP contribution in [0.25, 0.3) is 0 Å². The van der Waals surface area contributed by atoms with Crippen molar-refractivity contribution in [2.24, 2.45) is 4.99 Å². The average Bonchev–Trinajstić information content (AvgIpc) is 2.96. The lowest BCUT2D eigenvalue weighted by Gasteiger charge is -2.18. The molecule has 0 radical (unpaired) electrons. The monoisotopic (exact) mass is 542 g/mol. The van der Waals surface area contributed by atoms with Crippen molar-refractivity contribution in [1.29, 1.82) is 0 Å². The van der Waals surface area contributed by atoms with E-state index in [2.05, 4.69) is 20.9 Å². The first-order valence-corrected chi connectivity index (χ1v) is 11.0. The number of hydrogen-bond donors (Lipinski definition) is 3. The zero-order valence-corrected chi connectivity index (χ0v) is 19.6. The maximum absolute atomic E-state index is 13.2. The third-order valence-electron chi connectivity index (χ3n) is 4.16. The molecule has 29 heavy (non-hydrogen) atoms. The van der Waals surface area contributed by atoms with Gasteiger partial charge in [-0.25, -0.2) is 12.8 Å². The first-order valence-electron chi connectivity index (χ1n) is 9.14. The second kappa shape index (κ2) is 12.2. The van der Waals surface area contributed by atoms with E-state index in [0.29, 0.717) is 31.2 Å². The van der Waals surface area contributed by atoms with Crippen LogP contribution in [0.1, 0.15) is 19.8 Å². The number of carbonyl (C=O) groups excluding carboxylic acids is 1. The van der Waals surface area contributed by atoms with Crippen LogP contribution in [0.3, 0.4) is 0 Å². The van der Waals surface area contributed by atoms with Crippen LogP contribution in [0, 0.1) is 5.82 Å². The van der Waals surface area contributed by atoms with Crippen molar-refractivity contribution in [2.75, 3.05) is 31.6 Å². The van der Waals surface area contributed by atoms with Gasteiger partial charge in [0.25, 0.3) is 0 Å². The summed E-state index contributed by atoms with van der Waals surface area (Å²) in [4.78, 5) is 16.0. The minimum Gasteiger partial charge on any atom is -0.489 e.